The lowest BCUT2D eigenvalue weighted by atomic mass is 10.1. The van der Waals surface area contributed by atoms with Gasteiger partial charge in [-0.15, -0.1) is 0 Å². The van der Waals surface area contributed by atoms with E-state index in [1.807, 2.05) is 36.4 Å². The summed E-state index contributed by atoms with van der Waals surface area (Å²) in [4.78, 5) is 11.1. The summed E-state index contributed by atoms with van der Waals surface area (Å²) in [5.41, 5.74) is 1.02. The zero-order valence-electron chi connectivity index (χ0n) is 10.7. The maximum absolute atomic E-state index is 9.74. The molecule has 1 N–H and O–H groups in total. The number of aliphatic hydroxyl groups excluding tert-OH is 1. The second-order valence-corrected chi connectivity index (χ2v) is 4.85. The van der Waals surface area contributed by atoms with Crippen molar-refractivity contribution in [2.75, 3.05) is 18.0 Å². The highest BCUT2D eigenvalue weighted by Crippen LogP contribution is 2.21. The van der Waals surface area contributed by atoms with E-state index < -0.39 is 0 Å². The number of benzene rings is 1. The van der Waals surface area contributed by atoms with Crippen molar-refractivity contribution >= 4 is 5.82 Å². The lowest BCUT2D eigenvalue weighted by Crippen LogP contribution is -2.38. The van der Waals surface area contributed by atoms with E-state index in [9.17, 15) is 5.11 Å². The number of β-amino-alcohol motifs (C(OH)–C–C–N with tert-alkyl or cyclic N) is 1. The van der Waals surface area contributed by atoms with Crippen molar-refractivity contribution in [3.8, 4) is 11.4 Å². The summed E-state index contributed by atoms with van der Waals surface area (Å²) in [7, 11) is 0. The van der Waals surface area contributed by atoms with Crippen LogP contribution in [0.4, 0.5) is 5.82 Å². The van der Waals surface area contributed by atoms with Gasteiger partial charge in [0.15, 0.2) is 5.82 Å². The van der Waals surface area contributed by atoms with Gasteiger partial charge >= 0.3 is 0 Å². The topological polar surface area (TPSA) is 49.2 Å². The van der Waals surface area contributed by atoms with Crippen LogP contribution in [0.25, 0.3) is 11.4 Å². The lowest BCUT2D eigenvalue weighted by Gasteiger charge is -2.31. The van der Waals surface area contributed by atoms with Gasteiger partial charge in [-0.25, -0.2) is 9.97 Å². The molecule has 1 atom stereocenters. The molecule has 98 valence electrons. The first-order valence-corrected chi connectivity index (χ1v) is 6.64. The van der Waals surface area contributed by atoms with Gasteiger partial charge in [-0.3, -0.25) is 0 Å². The molecule has 1 aliphatic heterocycles. The summed E-state index contributed by atoms with van der Waals surface area (Å²) in [5, 5.41) is 9.74. The van der Waals surface area contributed by atoms with Crippen LogP contribution in [0, 0.1) is 0 Å². The minimum absolute atomic E-state index is 0.246. The van der Waals surface area contributed by atoms with Crippen LogP contribution in [-0.4, -0.2) is 34.3 Å². The van der Waals surface area contributed by atoms with Crippen LogP contribution in [0.1, 0.15) is 12.8 Å². The van der Waals surface area contributed by atoms with E-state index in [2.05, 4.69) is 14.9 Å². The van der Waals surface area contributed by atoms with Gasteiger partial charge in [0, 0.05) is 24.8 Å². The number of anilines is 1. The molecular weight excluding hydrogens is 238 g/mol. The Morgan fingerprint density at radius 2 is 2.00 bits per heavy atom. The Hall–Kier alpha value is -1.94. The Morgan fingerprint density at radius 1 is 1.16 bits per heavy atom. The number of hydrogen-bond acceptors (Lipinski definition) is 4. The van der Waals surface area contributed by atoms with Gasteiger partial charge in [-0.2, -0.15) is 0 Å². The first-order chi connectivity index (χ1) is 9.33. The molecule has 1 aromatic carbocycles. The predicted octanol–water partition coefficient (Wildman–Crippen LogP) is 2.10. The Kier molecular flexibility index (Phi) is 3.42. The average Bonchev–Trinajstić information content (AvgIpc) is 2.48. The van der Waals surface area contributed by atoms with Crippen LogP contribution in [0.3, 0.4) is 0 Å². The standard InChI is InChI=1S/C15H17N3O/c19-13-7-4-10-18(11-13)14-8-9-16-15(17-14)12-5-2-1-3-6-12/h1-3,5-6,8-9,13,19H,4,7,10-11H2. The van der Waals surface area contributed by atoms with Crippen LogP contribution in [-0.2, 0) is 0 Å². The number of aromatic nitrogens is 2. The molecule has 2 aromatic rings. The molecule has 1 fully saturated rings. The normalized spacial score (nSPS) is 19.4. The Bertz CT molecular complexity index is 544. The molecule has 1 aromatic heterocycles. The second kappa shape index (κ2) is 5.36. The molecule has 0 bridgehead atoms. The van der Waals surface area contributed by atoms with E-state index in [1.54, 1.807) is 6.20 Å². The van der Waals surface area contributed by atoms with E-state index in [0.717, 1.165) is 36.6 Å². The minimum Gasteiger partial charge on any atom is -0.391 e. The van der Waals surface area contributed by atoms with E-state index in [-0.39, 0.29) is 6.10 Å². The molecule has 3 rings (SSSR count). The number of rotatable bonds is 2. The zero-order chi connectivity index (χ0) is 13.1. The molecule has 1 saturated heterocycles. The number of nitrogens with zero attached hydrogens (tertiary/aromatic N) is 3. The van der Waals surface area contributed by atoms with Gasteiger partial charge < -0.3 is 10.0 Å². The third-order valence-electron chi connectivity index (χ3n) is 3.39. The molecule has 2 heterocycles. The smallest absolute Gasteiger partial charge is 0.161 e. The second-order valence-electron chi connectivity index (χ2n) is 4.85. The average molecular weight is 255 g/mol. The molecule has 0 amide bonds. The predicted molar refractivity (Wildman–Crippen MR) is 74.9 cm³/mol. The van der Waals surface area contributed by atoms with Gasteiger partial charge in [0.1, 0.15) is 5.82 Å². The van der Waals surface area contributed by atoms with Crippen LogP contribution in [0.2, 0.25) is 0 Å². The summed E-state index contributed by atoms with van der Waals surface area (Å²) in [6, 6.07) is 11.9. The van der Waals surface area contributed by atoms with Crippen molar-refractivity contribution in [1.82, 2.24) is 9.97 Å². The van der Waals surface area contributed by atoms with Crippen molar-refractivity contribution in [2.45, 2.75) is 18.9 Å². The molecule has 19 heavy (non-hydrogen) atoms. The molecule has 4 nitrogen and oxygen atoms in total. The maximum atomic E-state index is 9.74. The largest absolute Gasteiger partial charge is 0.391 e. The first kappa shape index (κ1) is 12.1. The van der Waals surface area contributed by atoms with Crippen LogP contribution >= 0.6 is 0 Å². The molecule has 0 saturated carbocycles. The van der Waals surface area contributed by atoms with Crippen LogP contribution < -0.4 is 4.90 Å². The van der Waals surface area contributed by atoms with Crippen molar-refractivity contribution in [3.63, 3.8) is 0 Å². The Balaban J connectivity index is 1.88. The fraction of sp³-hybridized carbons (Fsp3) is 0.333. The SMILES string of the molecule is OC1CCCN(c2ccnc(-c3ccccc3)n2)C1. The van der Waals surface area contributed by atoms with Crippen molar-refractivity contribution in [3.05, 3.63) is 42.6 Å². The van der Waals surface area contributed by atoms with Crippen LogP contribution in [0.15, 0.2) is 42.6 Å². The van der Waals surface area contributed by atoms with Gasteiger partial charge in [-0.05, 0) is 18.9 Å². The number of piperidine rings is 1. The maximum Gasteiger partial charge on any atom is 0.161 e. The molecule has 0 radical (unpaired) electrons. The number of hydrogen-bond donors (Lipinski definition) is 1. The highest BCUT2D eigenvalue weighted by atomic mass is 16.3. The monoisotopic (exact) mass is 255 g/mol. The molecular formula is C15H17N3O. The van der Waals surface area contributed by atoms with E-state index >= 15 is 0 Å². The summed E-state index contributed by atoms with van der Waals surface area (Å²) >= 11 is 0. The quantitative estimate of drug-likeness (QED) is 0.893. The summed E-state index contributed by atoms with van der Waals surface area (Å²) < 4.78 is 0. The molecule has 0 spiro atoms. The lowest BCUT2D eigenvalue weighted by molar-refractivity contribution is 0.154. The van der Waals surface area contributed by atoms with Crippen molar-refractivity contribution in [2.24, 2.45) is 0 Å². The summed E-state index contributed by atoms with van der Waals surface area (Å²) in [5.74, 6) is 1.63. The Labute approximate surface area is 112 Å². The van der Waals surface area contributed by atoms with Gasteiger partial charge in [0.25, 0.3) is 0 Å². The fourth-order valence-electron chi connectivity index (χ4n) is 2.41. The van der Waals surface area contributed by atoms with Gasteiger partial charge in [0.2, 0.25) is 0 Å². The number of aliphatic hydroxyl groups is 1. The highest BCUT2D eigenvalue weighted by molar-refractivity contribution is 5.57. The summed E-state index contributed by atoms with van der Waals surface area (Å²) in [6.07, 6.45) is 3.42. The van der Waals surface area contributed by atoms with E-state index in [0.29, 0.717) is 6.54 Å². The van der Waals surface area contributed by atoms with Gasteiger partial charge in [-0.1, -0.05) is 30.3 Å². The zero-order valence-corrected chi connectivity index (χ0v) is 10.7. The molecule has 4 heteroatoms. The molecule has 1 unspecified atom stereocenters. The minimum atomic E-state index is -0.246. The molecule has 1 aliphatic rings. The van der Waals surface area contributed by atoms with Crippen molar-refractivity contribution < 1.29 is 5.11 Å². The molecule has 0 aliphatic carbocycles. The Morgan fingerprint density at radius 3 is 2.79 bits per heavy atom. The van der Waals surface area contributed by atoms with Gasteiger partial charge in [0.05, 0.1) is 6.10 Å². The van der Waals surface area contributed by atoms with E-state index in [4.69, 9.17) is 0 Å². The van der Waals surface area contributed by atoms with Crippen molar-refractivity contribution in [1.29, 1.82) is 0 Å². The fourth-order valence-corrected chi connectivity index (χ4v) is 2.41. The first-order valence-electron chi connectivity index (χ1n) is 6.64. The third kappa shape index (κ3) is 2.74. The summed E-state index contributed by atoms with van der Waals surface area (Å²) in [6.45, 7) is 1.60. The van der Waals surface area contributed by atoms with Crippen LogP contribution in [0.5, 0.6) is 0 Å². The van der Waals surface area contributed by atoms with E-state index in [1.165, 1.54) is 0 Å². The highest BCUT2D eigenvalue weighted by Gasteiger charge is 2.19. The third-order valence-corrected chi connectivity index (χ3v) is 3.39.